The fraction of sp³-hybridized carbons (Fsp3) is 0.625. The summed E-state index contributed by atoms with van der Waals surface area (Å²) in [6.45, 7) is 6.69. The highest BCUT2D eigenvalue weighted by molar-refractivity contribution is 5.84. The Bertz CT molecular complexity index is 1250. The van der Waals surface area contributed by atoms with Crippen molar-refractivity contribution in [3.8, 4) is 0 Å². The molecule has 0 unspecified atom stereocenters. The Balaban J connectivity index is 1.13. The Morgan fingerprint density at radius 1 is 1.08 bits per heavy atom. The fourth-order valence-electron chi connectivity index (χ4n) is 9.31. The zero-order chi connectivity index (χ0) is 25.9. The number of nitrogens with one attached hydrogen (secondary N) is 1. The Kier molecular flexibility index (Phi) is 6.13. The maximum atomic E-state index is 13.0. The molecule has 3 N–H and O–H groups in total. The second kappa shape index (κ2) is 9.11. The van der Waals surface area contributed by atoms with Crippen molar-refractivity contribution < 1.29 is 14.3 Å². The molecule has 4 aliphatic rings. The van der Waals surface area contributed by atoms with Crippen LogP contribution in [0.3, 0.4) is 0 Å². The average Bonchev–Trinajstić information content (AvgIpc) is 3.45. The summed E-state index contributed by atoms with van der Waals surface area (Å²) < 4.78 is 5.98. The molecule has 0 amide bonds. The van der Waals surface area contributed by atoms with Crippen molar-refractivity contribution >= 4 is 22.7 Å². The molecule has 3 saturated carbocycles. The van der Waals surface area contributed by atoms with Gasteiger partial charge in [-0.3, -0.25) is 9.59 Å². The molecule has 1 heterocycles. The van der Waals surface area contributed by atoms with Crippen molar-refractivity contribution in [1.82, 2.24) is 4.98 Å². The van der Waals surface area contributed by atoms with Crippen molar-refractivity contribution in [3.63, 3.8) is 0 Å². The van der Waals surface area contributed by atoms with Crippen molar-refractivity contribution in [2.75, 3.05) is 0 Å². The van der Waals surface area contributed by atoms with Gasteiger partial charge >= 0.3 is 5.97 Å². The van der Waals surface area contributed by atoms with Crippen LogP contribution in [-0.2, 0) is 20.7 Å². The lowest BCUT2D eigenvalue weighted by atomic mass is 9.46. The first-order valence-corrected chi connectivity index (χ1v) is 14.4. The number of Topliss-reactive ketones (excluding diaryl/α,β-unsaturated/α-hetero) is 1. The third-order valence-electron chi connectivity index (χ3n) is 11.2. The van der Waals surface area contributed by atoms with E-state index in [9.17, 15) is 9.59 Å². The smallest absolute Gasteiger partial charge is 0.323 e. The molecule has 0 spiro atoms. The molecule has 0 saturated heterocycles. The molecule has 2 aromatic rings. The van der Waals surface area contributed by atoms with Gasteiger partial charge < -0.3 is 15.5 Å². The molecule has 4 aliphatic carbocycles. The van der Waals surface area contributed by atoms with E-state index < -0.39 is 6.04 Å². The monoisotopic (exact) mass is 502 g/mol. The van der Waals surface area contributed by atoms with Gasteiger partial charge in [-0.25, -0.2) is 0 Å². The van der Waals surface area contributed by atoms with Gasteiger partial charge in [-0.2, -0.15) is 0 Å². The minimum absolute atomic E-state index is 0.177. The van der Waals surface area contributed by atoms with Crippen molar-refractivity contribution in [3.05, 3.63) is 47.7 Å². The molecule has 8 atom stereocenters. The van der Waals surface area contributed by atoms with Crippen molar-refractivity contribution in [1.29, 1.82) is 0 Å². The molecule has 0 radical (unpaired) electrons. The predicted octanol–water partition coefficient (Wildman–Crippen LogP) is 6.12. The molecule has 0 bridgehead atoms. The number of H-pyrrole nitrogens is 1. The number of allylic oxidation sites excluding steroid dienone is 1. The van der Waals surface area contributed by atoms with Gasteiger partial charge in [-0.15, -0.1) is 0 Å². The number of rotatable bonds is 5. The molecule has 3 fully saturated rings. The highest BCUT2D eigenvalue weighted by atomic mass is 16.5. The zero-order valence-corrected chi connectivity index (χ0v) is 22.6. The van der Waals surface area contributed by atoms with E-state index in [1.165, 1.54) is 31.3 Å². The number of para-hydroxylation sites is 1. The van der Waals surface area contributed by atoms with Crippen LogP contribution in [0, 0.1) is 34.5 Å². The van der Waals surface area contributed by atoms with Crippen LogP contribution in [0.4, 0.5) is 0 Å². The number of aromatic amines is 1. The van der Waals surface area contributed by atoms with Crippen LogP contribution in [0.1, 0.15) is 77.7 Å². The standard InChI is InChI=1S/C32H42N2O3/c1-19(35)25-10-11-26-24-9-8-21-17-22(12-14-31(21,2)27(24)13-15-32(25,26)3)37-30(36)28(33)16-20-18-34-29-7-5-4-6-23(20)29/h4-7,17-18,22,24-28,34H,8-16,33H2,1-3H3/t22-,24-,25+,26-,27-,28-,31-,32+/m0/s1. The summed E-state index contributed by atoms with van der Waals surface area (Å²) in [6.07, 6.45) is 13.4. The number of hydrogen-bond acceptors (Lipinski definition) is 4. The lowest BCUT2D eigenvalue weighted by molar-refractivity contribution is -0.150. The molecule has 0 aliphatic heterocycles. The van der Waals surface area contributed by atoms with Gasteiger partial charge in [0.15, 0.2) is 0 Å². The number of benzene rings is 1. The van der Waals surface area contributed by atoms with E-state index in [1.54, 1.807) is 0 Å². The van der Waals surface area contributed by atoms with Crippen molar-refractivity contribution in [2.45, 2.75) is 90.7 Å². The highest BCUT2D eigenvalue weighted by Crippen LogP contribution is 2.66. The van der Waals surface area contributed by atoms with Crippen LogP contribution in [-0.4, -0.2) is 28.9 Å². The van der Waals surface area contributed by atoms with E-state index in [-0.39, 0.29) is 28.8 Å². The van der Waals surface area contributed by atoms with Gasteiger partial charge in [0.2, 0.25) is 0 Å². The summed E-state index contributed by atoms with van der Waals surface area (Å²) in [4.78, 5) is 28.6. The van der Waals surface area contributed by atoms with Gasteiger partial charge in [0, 0.05) is 29.4 Å². The minimum atomic E-state index is -0.672. The molecule has 1 aromatic carbocycles. The van der Waals surface area contributed by atoms with E-state index in [0.29, 0.717) is 30.0 Å². The third kappa shape index (κ3) is 4.00. The molecule has 198 valence electrons. The first-order chi connectivity index (χ1) is 17.7. The largest absolute Gasteiger partial charge is 0.457 e. The first kappa shape index (κ1) is 24.9. The Morgan fingerprint density at radius 3 is 2.70 bits per heavy atom. The lowest BCUT2D eigenvalue weighted by Crippen LogP contribution is -2.51. The van der Waals surface area contributed by atoms with E-state index in [0.717, 1.165) is 42.1 Å². The molecular weight excluding hydrogens is 460 g/mol. The molecule has 1 aromatic heterocycles. The van der Waals surface area contributed by atoms with Crippen LogP contribution in [0.5, 0.6) is 0 Å². The van der Waals surface area contributed by atoms with Crippen LogP contribution in [0.15, 0.2) is 42.1 Å². The van der Waals surface area contributed by atoms with Crippen LogP contribution in [0.25, 0.3) is 10.9 Å². The number of nitrogens with two attached hydrogens (primary N) is 1. The maximum Gasteiger partial charge on any atom is 0.323 e. The highest BCUT2D eigenvalue weighted by Gasteiger charge is 2.59. The Morgan fingerprint density at radius 2 is 1.89 bits per heavy atom. The Hall–Kier alpha value is -2.40. The SMILES string of the molecule is CC(=O)[C@H]1CC[C@H]2[C@@H]3CCC4=C[C@@H](OC(=O)[C@@H](N)Cc5c[nH]c6ccccc56)CC[C@]4(C)[C@H]3CC[C@]12C. The minimum Gasteiger partial charge on any atom is -0.457 e. The third-order valence-corrected chi connectivity index (χ3v) is 11.2. The molecular formula is C32H42N2O3. The second-order valence-corrected chi connectivity index (χ2v) is 13.0. The molecule has 5 heteroatoms. The summed E-state index contributed by atoms with van der Waals surface area (Å²) in [5, 5.41) is 1.11. The van der Waals surface area contributed by atoms with E-state index in [4.69, 9.17) is 10.5 Å². The summed E-state index contributed by atoms with van der Waals surface area (Å²) >= 11 is 0. The van der Waals surface area contributed by atoms with E-state index >= 15 is 0 Å². The van der Waals surface area contributed by atoms with Crippen LogP contribution >= 0.6 is 0 Å². The molecule has 37 heavy (non-hydrogen) atoms. The van der Waals surface area contributed by atoms with E-state index in [2.05, 4.69) is 31.0 Å². The topological polar surface area (TPSA) is 85.2 Å². The van der Waals surface area contributed by atoms with Crippen molar-refractivity contribution in [2.24, 2.45) is 40.2 Å². The first-order valence-electron chi connectivity index (χ1n) is 14.4. The number of hydrogen-bond donors (Lipinski definition) is 2. The summed E-state index contributed by atoms with van der Waals surface area (Å²) in [5.74, 6) is 2.42. The number of aromatic nitrogens is 1. The summed E-state index contributed by atoms with van der Waals surface area (Å²) in [5.41, 5.74) is 10.3. The summed E-state index contributed by atoms with van der Waals surface area (Å²) in [7, 11) is 0. The Labute approximate surface area is 220 Å². The van der Waals surface area contributed by atoms with Crippen LogP contribution in [0.2, 0.25) is 0 Å². The number of carbonyl (C=O) groups excluding carboxylic acids is 2. The van der Waals surface area contributed by atoms with Gasteiger partial charge in [0.1, 0.15) is 17.9 Å². The number of fused-ring (bicyclic) bond motifs is 6. The second-order valence-electron chi connectivity index (χ2n) is 13.0. The average molecular weight is 503 g/mol. The maximum absolute atomic E-state index is 13.0. The number of ether oxygens (including phenoxy) is 1. The van der Waals surface area contributed by atoms with Crippen LogP contribution < -0.4 is 5.73 Å². The predicted molar refractivity (Wildman–Crippen MR) is 146 cm³/mol. The van der Waals surface area contributed by atoms with Gasteiger partial charge in [0.25, 0.3) is 0 Å². The zero-order valence-electron chi connectivity index (χ0n) is 22.6. The molecule has 5 nitrogen and oxygen atoms in total. The van der Waals surface area contributed by atoms with Gasteiger partial charge in [0.05, 0.1) is 0 Å². The van der Waals surface area contributed by atoms with Gasteiger partial charge in [-0.05, 0) is 105 Å². The van der Waals surface area contributed by atoms with Gasteiger partial charge in [-0.1, -0.05) is 37.6 Å². The number of carbonyl (C=O) groups is 2. The molecule has 6 rings (SSSR count). The normalized spacial score (nSPS) is 37.7. The number of ketones is 1. The lowest BCUT2D eigenvalue weighted by Gasteiger charge is -2.58. The number of esters is 1. The fourth-order valence-corrected chi connectivity index (χ4v) is 9.31. The van der Waals surface area contributed by atoms with E-state index in [1.807, 2.05) is 31.3 Å². The quantitative estimate of drug-likeness (QED) is 0.381. The summed E-state index contributed by atoms with van der Waals surface area (Å²) in [6, 6.07) is 7.42.